The van der Waals surface area contributed by atoms with E-state index in [0.717, 1.165) is 16.9 Å². The molecule has 0 fully saturated rings. The molecular formula is C22H19N5O2. The molecule has 2 heterocycles. The summed E-state index contributed by atoms with van der Waals surface area (Å²) >= 11 is 0. The number of nitrogens with one attached hydrogen (secondary N) is 1. The Balaban J connectivity index is 1.46. The lowest BCUT2D eigenvalue weighted by Crippen LogP contribution is -2.13. The zero-order valence-electron chi connectivity index (χ0n) is 16.0. The van der Waals surface area contributed by atoms with Gasteiger partial charge in [0.1, 0.15) is 5.82 Å². The van der Waals surface area contributed by atoms with Crippen molar-refractivity contribution in [1.29, 1.82) is 0 Å². The van der Waals surface area contributed by atoms with E-state index < -0.39 is 0 Å². The highest BCUT2D eigenvalue weighted by Crippen LogP contribution is 2.24. The van der Waals surface area contributed by atoms with Crippen LogP contribution in [-0.4, -0.2) is 35.2 Å². The van der Waals surface area contributed by atoms with Gasteiger partial charge in [0.05, 0.1) is 11.9 Å². The van der Waals surface area contributed by atoms with Gasteiger partial charge in [-0.15, -0.1) is 10.2 Å². The Morgan fingerprint density at radius 2 is 1.52 bits per heavy atom. The van der Waals surface area contributed by atoms with Gasteiger partial charge in [-0.3, -0.25) is 4.79 Å². The highest BCUT2D eigenvalue weighted by molar-refractivity contribution is 6.04. The van der Waals surface area contributed by atoms with Crippen molar-refractivity contribution in [3.05, 3.63) is 78.5 Å². The third kappa shape index (κ3) is 4.14. The summed E-state index contributed by atoms with van der Waals surface area (Å²) in [4.78, 5) is 18.7. The molecule has 7 heteroatoms. The second-order valence-corrected chi connectivity index (χ2v) is 6.61. The Labute approximate surface area is 168 Å². The molecule has 0 aliphatic heterocycles. The highest BCUT2D eigenvalue weighted by atomic mass is 16.4. The number of rotatable bonds is 5. The second-order valence-electron chi connectivity index (χ2n) is 6.61. The highest BCUT2D eigenvalue weighted by Gasteiger charge is 2.12. The van der Waals surface area contributed by atoms with E-state index in [-0.39, 0.29) is 5.91 Å². The van der Waals surface area contributed by atoms with Crippen LogP contribution in [0.3, 0.4) is 0 Å². The second kappa shape index (κ2) is 7.93. The first kappa shape index (κ1) is 18.4. The predicted molar refractivity (Wildman–Crippen MR) is 112 cm³/mol. The number of aromatic nitrogens is 3. The fourth-order valence-electron chi connectivity index (χ4n) is 2.73. The Bertz CT molecular complexity index is 1100. The van der Waals surface area contributed by atoms with E-state index in [1.165, 1.54) is 0 Å². The van der Waals surface area contributed by atoms with Gasteiger partial charge >= 0.3 is 0 Å². The summed E-state index contributed by atoms with van der Waals surface area (Å²) in [6.07, 6.45) is 1.63. The topological polar surface area (TPSA) is 84.2 Å². The van der Waals surface area contributed by atoms with E-state index in [0.29, 0.717) is 23.0 Å². The van der Waals surface area contributed by atoms with Crippen LogP contribution in [0.5, 0.6) is 0 Å². The normalized spacial score (nSPS) is 10.6. The first-order valence-electron chi connectivity index (χ1n) is 9.04. The Hall–Kier alpha value is -4.00. The molecule has 144 valence electrons. The van der Waals surface area contributed by atoms with Crippen LogP contribution >= 0.6 is 0 Å². The van der Waals surface area contributed by atoms with Gasteiger partial charge in [0.2, 0.25) is 11.8 Å². The molecule has 0 spiro atoms. The maximum Gasteiger partial charge on any atom is 0.255 e. The largest absolute Gasteiger partial charge is 0.416 e. The molecule has 0 unspecified atom stereocenters. The lowest BCUT2D eigenvalue weighted by atomic mass is 10.1. The molecule has 0 saturated heterocycles. The molecule has 1 N–H and O–H groups in total. The number of nitrogens with zero attached hydrogens (tertiary/aromatic N) is 4. The van der Waals surface area contributed by atoms with Crippen molar-refractivity contribution in [1.82, 2.24) is 15.2 Å². The molecule has 2 aromatic heterocycles. The summed E-state index contributed by atoms with van der Waals surface area (Å²) < 4.78 is 5.75. The van der Waals surface area contributed by atoms with Crippen LogP contribution in [0.15, 0.2) is 77.3 Å². The fourth-order valence-corrected chi connectivity index (χ4v) is 2.73. The van der Waals surface area contributed by atoms with Crippen LogP contribution in [0.2, 0.25) is 0 Å². The lowest BCUT2D eigenvalue weighted by Gasteiger charge is -2.11. The van der Waals surface area contributed by atoms with Crippen LogP contribution in [0, 0.1) is 0 Å². The van der Waals surface area contributed by atoms with Crippen LogP contribution < -0.4 is 10.2 Å². The van der Waals surface area contributed by atoms with E-state index in [2.05, 4.69) is 20.5 Å². The van der Waals surface area contributed by atoms with Gasteiger partial charge in [0.25, 0.3) is 5.91 Å². The molecule has 0 aliphatic carbocycles. The summed E-state index contributed by atoms with van der Waals surface area (Å²) in [6.45, 7) is 0. The third-order valence-corrected chi connectivity index (χ3v) is 4.30. The average Bonchev–Trinajstić information content (AvgIpc) is 3.25. The van der Waals surface area contributed by atoms with Crippen LogP contribution in [0.4, 0.5) is 11.5 Å². The lowest BCUT2D eigenvalue weighted by molar-refractivity contribution is 0.102. The van der Waals surface area contributed by atoms with Gasteiger partial charge in [-0.2, -0.15) is 0 Å². The van der Waals surface area contributed by atoms with Crippen LogP contribution in [-0.2, 0) is 0 Å². The molecule has 0 atom stereocenters. The third-order valence-electron chi connectivity index (χ3n) is 4.30. The fraction of sp³-hybridized carbons (Fsp3) is 0.0909. The van der Waals surface area contributed by atoms with Gasteiger partial charge in [-0.05, 0) is 48.5 Å². The van der Waals surface area contributed by atoms with Crippen LogP contribution in [0.25, 0.3) is 22.9 Å². The molecule has 1 amide bonds. The quantitative estimate of drug-likeness (QED) is 0.556. The van der Waals surface area contributed by atoms with Gasteiger partial charge in [-0.1, -0.05) is 18.2 Å². The van der Waals surface area contributed by atoms with Crippen molar-refractivity contribution < 1.29 is 9.21 Å². The summed E-state index contributed by atoms with van der Waals surface area (Å²) in [5.74, 6) is 1.46. The molecule has 29 heavy (non-hydrogen) atoms. The summed E-state index contributed by atoms with van der Waals surface area (Å²) in [5.41, 5.74) is 2.76. The Morgan fingerprint density at radius 3 is 2.10 bits per heavy atom. The molecule has 7 nitrogen and oxygen atoms in total. The van der Waals surface area contributed by atoms with Gasteiger partial charge in [0.15, 0.2) is 0 Å². The van der Waals surface area contributed by atoms with Crippen molar-refractivity contribution in [3.63, 3.8) is 0 Å². The maximum atomic E-state index is 12.5. The Morgan fingerprint density at radius 1 is 0.862 bits per heavy atom. The minimum Gasteiger partial charge on any atom is -0.416 e. The number of amides is 1. The predicted octanol–water partition coefficient (Wildman–Crippen LogP) is 4.12. The molecular weight excluding hydrogens is 366 g/mol. The number of anilines is 2. The van der Waals surface area contributed by atoms with E-state index in [1.54, 1.807) is 30.5 Å². The zero-order chi connectivity index (χ0) is 20.2. The molecule has 0 aliphatic rings. The molecule has 2 aromatic carbocycles. The molecule has 0 radical (unpaired) electrons. The molecule has 0 bridgehead atoms. The number of carbonyl (C=O) groups excluding carboxylic acids is 1. The first-order chi connectivity index (χ1) is 14.1. The zero-order valence-corrected chi connectivity index (χ0v) is 16.0. The van der Waals surface area contributed by atoms with Crippen LogP contribution in [0.1, 0.15) is 10.4 Å². The van der Waals surface area contributed by atoms with E-state index in [4.69, 9.17) is 4.42 Å². The van der Waals surface area contributed by atoms with Gasteiger partial charge in [-0.25, -0.2) is 4.98 Å². The van der Waals surface area contributed by atoms with Crippen molar-refractivity contribution in [2.45, 2.75) is 0 Å². The number of pyridine rings is 1. The minimum atomic E-state index is -0.216. The number of carbonyl (C=O) groups is 1. The van der Waals surface area contributed by atoms with Gasteiger partial charge in [0, 0.05) is 30.8 Å². The summed E-state index contributed by atoms with van der Waals surface area (Å²) in [5, 5.41) is 11.0. The minimum absolute atomic E-state index is 0.216. The number of benzene rings is 2. The first-order valence-corrected chi connectivity index (χ1v) is 9.04. The van der Waals surface area contributed by atoms with E-state index in [1.807, 2.05) is 61.5 Å². The van der Waals surface area contributed by atoms with Crippen molar-refractivity contribution in [2.75, 3.05) is 24.3 Å². The SMILES string of the molecule is CN(C)c1ccc(NC(=O)c2ccc(-c3nnc(-c4ccccc4)o3)cc2)cn1. The molecule has 0 saturated carbocycles. The monoisotopic (exact) mass is 385 g/mol. The number of hydrogen-bond acceptors (Lipinski definition) is 6. The number of hydrogen-bond donors (Lipinski definition) is 1. The standard InChI is InChI=1S/C22H19N5O2/c1-27(2)19-13-12-18(14-23-19)24-20(28)15-8-10-17(11-9-15)22-26-25-21(29-22)16-6-4-3-5-7-16/h3-14H,1-2H3,(H,24,28). The van der Waals surface area contributed by atoms with E-state index >= 15 is 0 Å². The van der Waals surface area contributed by atoms with Crippen molar-refractivity contribution in [3.8, 4) is 22.9 Å². The molecule has 4 rings (SSSR count). The van der Waals surface area contributed by atoms with Crippen molar-refractivity contribution >= 4 is 17.4 Å². The van der Waals surface area contributed by atoms with Gasteiger partial charge < -0.3 is 14.6 Å². The smallest absolute Gasteiger partial charge is 0.255 e. The average molecular weight is 385 g/mol. The maximum absolute atomic E-state index is 12.5. The Kier molecular flexibility index (Phi) is 5.03. The van der Waals surface area contributed by atoms with Crippen molar-refractivity contribution in [2.24, 2.45) is 0 Å². The molecule has 4 aromatic rings. The summed E-state index contributed by atoms with van der Waals surface area (Å²) in [6, 6.07) is 20.2. The van der Waals surface area contributed by atoms with E-state index in [9.17, 15) is 4.79 Å². The summed E-state index contributed by atoms with van der Waals surface area (Å²) in [7, 11) is 3.82.